The molecule has 2 amide bonds. The monoisotopic (exact) mass is 437 g/mol. The lowest BCUT2D eigenvalue weighted by atomic mass is 9.74. The van der Waals surface area contributed by atoms with E-state index in [4.69, 9.17) is 10.5 Å². The summed E-state index contributed by atoms with van der Waals surface area (Å²) in [5.41, 5.74) is 5.49. The predicted molar refractivity (Wildman–Crippen MR) is 121 cm³/mol. The van der Waals surface area contributed by atoms with Crippen LogP contribution in [0, 0.1) is 5.92 Å². The number of primary amides is 1. The van der Waals surface area contributed by atoms with E-state index in [0.717, 1.165) is 44.9 Å². The number of nitrogens with one attached hydrogen (secondary N) is 1. The highest BCUT2D eigenvalue weighted by Crippen LogP contribution is 2.40. The van der Waals surface area contributed by atoms with E-state index in [9.17, 15) is 14.4 Å². The Balaban J connectivity index is 1.95. The largest absolute Gasteiger partial charge is 0.464 e. The normalized spacial score (nSPS) is 24.6. The Bertz CT molecular complexity index is 589. The first-order valence-electron chi connectivity index (χ1n) is 12.4. The molecule has 7 nitrogen and oxygen atoms in total. The summed E-state index contributed by atoms with van der Waals surface area (Å²) in [4.78, 5) is 39.8. The van der Waals surface area contributed by atoms with Crippen molar-refractivity contribution >= 4 is 17.8 Å². The smallest absolute Gasteiger partial charge is 0.329 e. The lowest BCUT2D eigenvalue weighted by molar-refractivity contribution is -0.168. The molecular formula is C24H43N3O4. The number of hydrogen-bond donors (Lipinski definition) is 2. The number of fused-ring (bicyclic) bond motifs is 3. The van der Waals surface area contributed by atoms with Crippen LogP contribution in [0.4, 0.5) is 0 Å². The molecule has 2 heterocycles. The maximum atomic E-state index is 13.3. The molecule has 3 aliphatic rings. The van der Waals surface area contributed by atoms with Gasteiger partial charge in [0.2, 0.25) is 11.8 Å². The van der Waals surface area contributed by atoms with E-state index in [-0.39, 0.29) is 23.8 Å². The number of unbranched alkanes of at least 4 members (excludes halogenated alkanes) is 5. The molecule has 3 fully saturated rings. The molecule has 2 bridgehead atoms. The Morgan fingerprint density at radius 1 is 1.00 bits per heavy atom. The third-order valence-electron chi connectivity index (χ3n) is 6.86. The van der Waals surface area contributed by atoms with E-state index in [1.807, 2.05) is 6.92 Å². The van der Waals surface area contributed by atoms with Crippen LogP contribution < -0.4 is 11.1 Å². The van der Waals surface area contributed by atoms with Crippen LogP contribution in [0.15, 0.2) is 0 Å². The van der Waals surface area contributed by atoms with Gasteiger partial charge in [0.05, 0.1) is 18.7 Å². The second-order valence-corrected chi connectivity index (χ2v) is 9.33. The third-order valence-corrected chi connectivity index (χ3v) is 6.86. The van der Waals surface area contributed by atoms with Gasteiger partial charge < -0.3 is 15.4 Å². The Kier molecular flexibility index (Phi) is 10.8. The summed E-state index contributed by atoms with van der Waals surface area (Å²) in [7, 11) is 0. The van der Waals surface area contributed by atoms with E-state index in [1.54, 1.807) is 11.8 Å². The highest BCUT2D eigenvalue weighted by atomic mass is 16.5. The summed E-state index contributed by atoms with van der Waals surface area (Å²) in [6.45, 7) is 6.36. The number of amides is 2. The second-order valence-electron chi connectivity index (χ2n) is 9.33. The molecule has 7 heteroatoms. The summed E-state index contributed by atoms with van der Waals surface area (Å²) >= 11 is 0. The topological polar surface area (TPSA) is 102 Å². The zero-order valence-electron chi connectivity index (χ0n) is 19.7. The van der Waals surface area contributed by atoms with E-state index in [2.05, 4.69) is 12.2 Å². The van der Waals surface area contributed by atoms with Gasteiger partial charge in [0.25, 0.3) is 0 Å². The van der Waals surface area contributed by atoms with Gasteiger partial charge in [-0.15, -0.1) is 0 Å². The first-order chi connectivity index (χ1) is 14.9. The number of esters is 1. The Morgan fingerprint density at radius 2 is 1.65 bits per heavy atom. The minimum atomic E-state index is -0.572. The number of hydrogen-bond acceptors (Lipinski definition) is 5. The Hall–Kier alpha value is -1.63. The highest BCUT2D eigenvalue weighted by molar-refractivity contribution is 5.89. The summed E-state index contributed by atoms with van der Waals surface area (Å²) in [6.07, 6.45) is 12.0. The van der Waals surface area contributed by atoms with Gasteiger partial charge in [0.15, 0.2) is 0 Å². The number of rotatable bonds is 14. The zero-order valence-corrected chi connectivity index (χ0v) is 19.7. The van der Waals surface area contributed by atoms with Gasteiger partial charge in [0.1, 0.15) is 6.04 Å². The predicted octanol–water partition coefficient (Wildman–Crippen LogP) is 3.29. The molecule has 3 rings (SSSR count). The van der Waals surface area contributed by atoms with Crippen molar-refractivity contribution in [2.75, 3.05) is 6.61 Å². The minimum absolute atomic E-state index is 0.0755. The van der Waals surface area contributed by atoms with Crippen molar-refractivity contribution in [3.8, 4) is 0 Å². The summed E-state index contributed by atoms with van der Waals surface area (Å²) < 4.78 is 5.63. The molecule has 0 radical (unpaired) electrons. The number of nitrogens with two attached hydrogens (primary N) is 1. The molecule has 1 aliphatic carbocycles. The van der Waals surface area contributed by atoms with Crippen LogP contribution in [-0.4, -0.2) is 53.5 Å². The van der Waals surface area contributed by atoms with Gasteiger partial charge in [-0.05, 0) is 51.4 Å². The van der Waals surface area contributed by atoms with E-state index in [1.165, 1.54) is 25.7 Å². The zero-order chi connectivity index (χ0) is 22.8. The molecule has 178 valence electrons. The standard InChI is InChI=1S/C24H43N3O4/c1-4-6-7-8-9-10-16-31-24(30)21-18-12-14-19(15-13-18)27(21)23(29)17(3)26-20(11-5-2)22(25)28/h17-21,26H,4-16H2,1-3H3,(H2,25,28)/t17?,18?,19?,20-,21-/m0/s1. The van der Waals surface area contributed by atoms with Gasteiger partial charge in [0, 0.05) is 6.04 Å². The Labute approximate surface area is 187 Å². The van der Waals surface area contributed by atoms with Crippen molar-refractivity contribution in [2.24, 2.45) is 11.7 Å². The van der Waals surface area contributed by atoms with Crippen LogP contribution in [-0.2, 0) is 19.1 Å². The fourth-order valence-electron chi connectivity index (χ4n) is 5.11. The SMILES string of the molecule is CCCCCCCCOC(=O)[C@@H]1C2CCC(CC2)N1C(=O)C(C)N[C@@H](CCC)C(N)=O. The molecule has 1 unspecified atom stereocenters. The lowest BCUT2D eigenvalue weighted by Crippen LogP contribution is -2.64. The molecule has 0 aromatic heterocycles. The van der Waals surface area contributed by atoms with E-state index >= 15 is 0 Å². The number of carbonyl (C=O) groups is 3. The minimum Gasteiger partial charge on any atom is -0.464 e. The van der Waals surface area contributed by atoms with Crippen molar-refractivity contribution in [2.45, 2.75) is 122 Å². The Morgan fingerprint density at radius 3 is 2.26 bits per heavy atom. The second kappa shape index (κ2) is 13.0. The fourth-order valence-corrected chi connectivity index (χ4v) is 5.11. The third kappa shape index (κ3) is 7.19. The van der Waals surface area contributed by atoms with Crippen molar-refractivity contribution in [3.63, 3.8) is 0 Å². The lowest BCUT2D eigenvalue weighted by Gasteiger charge is -2.50. The first-order valence-corrected chi connectivity index (χ1v) is 12.4. The molecule has 0 aromatic rings. The number of piperidine rings is 2. The van der Waals surface area contributed by atoms with Crippen LogP contribution >= 0.6 is 0 Å². The van der Waals surface area contributed by atoms with Gasteiger partial charge in [-0.25, -0.2) is 4.79 Å². The highest BCUT2D eigenvalue weighted by Gasteiger charge is 2.49. The molecule has 1 saturated carbocycles. The average Bonchev–Trinajstić information content (AvgIpc) is 2.77. The van der Waals surface area contributed by atoms with Crippen LogP contribution in [0.2, 0.25) is 0 Å². The van der Waals surface area contributed by atoms with Crippen LogP contribution in [0.25, 0.3) is 0 Å². The van der Waals surface area contributed by atoms with Gasteiger partial charge in [-0.3, -0.25) is 14.9 Å². The fraction of sp³-hybridized carbons (Fsp3) is 0.875. The molecule has 2 aliphatic heterocycles. The van der Waals surface area contributed by atoms with Crippen molar-refractivity contribution in [1.82, 2.24) is 10.2 Å². The van der Waals surface area contributed by atoms with E-state index in [0.29, 0.717) is 13.0 Å². The van der Waals surface area contributed by atoms with E-state index < -0.39 is 24.0 Å². The van der Waals surface area contributed by atoms with Crippen molar-refractivity contribution in [3.05, 3.63) is 0 Å². The number of carbonyl (C=O) groups excluding carboxylic acids is 3. The maximum absolute atomic E-state index is 13.3. The van der Waals surface area contributed by atoms with Gasteiger partial charge in [-0.2, -0.15) is 0 Å². The molecule has 3 atom stereocenters. The molecular weight excluding hydrogens is 394 g/mol. The molecule has 0 aromatic carbocycles. The molecule has 31 heavy (non-hydrogen) atoms. The van der Waals surface area contributed by atoms with Crippen molar-refractivity contribution in [1.29, 1.82) is 0 Å². The van der Waals surface area contributed by atoms with Crippen LogP contribution in [0.3, 0.4) is 0 Å². The summed E-state index contributed by atoms with van der Waals surface area (Å²) in [6, 6.07) is -1.53. The van der Waals surface area contributed by atoms with Gasteiger partial charge >= 0.3 is 5.97 Å². The van der Waals surface area contributed by atoms with Crippen molar-refractivity contribution < 1.29 is 19.1 Å². The average molecular weight is 438 g/mol. The molecule has 2 saturated heterocycles. The summed E-state index contributed by atoms with van der Waals surface area (Å²) in [5.74, 6) is -0.667. The molecule has 0 spiro atoms. The quantitative estimate of drug-likeness (QED) is 0.321. The number of ether oxygens (including phenoxy) is 1. The molecule has 3 N–H and O–H groups in total. The van der Waals surface area contributed by atoms with Crippen LogP contribution in [0.1, 0.15) is 97.8 Å². The maximum Gasteiger partial charge on any atom is 0.329 e. The number of nitrogens with zero attached hydrogens (tertiary/aromatic N) is 1. The van der Waals surface area contributed by atoms with Crippen LogP contribution in [0.5, 0.6) is 0 Å². The van der Waals surface area contributed by atoms with Gasteiger partial charge in [-0.1, -0.05) is 52.4 Å². The summed E-state index contributed by atoms with van der Waals surface area (Å²) in [5, 5.41) is 3.09. The first kappa shape index (κ1) is 25.6.